The second-order valence-electron chi connectivity index (χ2n) is 10.8. The van der Waals surface area contributed by atoms with Crippen LogP contribution < -0.4 is 14.5 Å². The number of likely N-dealkylation sites (N-methyl/N-ethyl adjacent to an activating group) is 1. The lowest BCUT2D eigenvalue weighted by Gasteiger charge is -2.39. The van der Waals surface area contributed by atoms with E-state index in [0.717, 1.165) is 24.9 Å². The molecule has 3 aliphatic rings. The first kappa shape index (κ1) is 29.9. The number of piperazine rings is 1. The van der Waals surface area contributed by atoms with Crippen LogP contribution in [0.5, 0.6) is 5.88 Å². The number of likely N-dealkylation sites (tertiary alicyclic amines) is 1. The second-order valence-corrected chi connectivity index (χ2v) is 11.2. The Morgan fingerprint density at radius 1 is 1.19 bits per heavy atom. The van der Waals surface area contributed by atoms with Crippen molar-refractivity contribution in [2.75, 3.05) is 62.7 Å². The number of carbonyl (C=O) groups is 1. The van der Waals surface area contributed by atoms with Crippen LogP contribution in [0.15, 0.2) is 30.6 Å². The molecule has 13 heteroatoms. The number of ether oxygens (including phenoxy) is 1. The minimum atomic E-state index is -4.65. The lowest BCUT2D eigenvalue weighted by atomic mass is 9.97. The molecule has 224 valence electrons. The monoisotopic (exact) mass is 606 g/mol. The first-order valence-corrected chi connectivity index (χ1v) is 14.2. The first-order chi connectivity index (χ1) is 20.0. The molecule has 1 amide bonds. The summed E-state index contributed by atoms with van der Waals surface area (Å²) in [5, 5.41) is 9.91. The van der Waals surface area contributed by atoms with E-state index in [4.69, 9.17) is 21.3 Å². The van der Waals surface area contributed by atoms with Crippen molar-refractivity contribution in [1.29, 1.82) is 5.26 Å². The van der Waals surface area contributed by atoms with E-state index in [1.165, 1.54) is 23.1 Å². The maximum Gasteiger partial charge on any atom is 0.419 e. The van der Waals surface area contributed by atoms with Gasteiger partial charge in [-0.1, -0.05) is 24.2 Å². The number of pyridine rings is 1. The maximum absolute atomic E-state index is 14.0. The number of rotatable bonds is 6. The Morgan fingerprint density at radius 2 is 1.93 bits per heavy atom. The van der Waals surface area contributed by atoms with E-state index < -0.39 is 23.5 Å². The zero-order chi connectivity index (χ0) is 30.2. The Morgan fingerprint density at radius 3 is 2.55 bits per heavy atom. The van der Waals surface area contributed by atoms with Gasteiger partial charge in [0.25, 0.3) is 5.91 Å². The number of benzene rings is 1. The molecule has 1 aromatic carbocycles. The van der Waals surface area contributed by atoms with Gasteiger partial charge in [-0.3, -0.25) is 4.79 Å². The van der Waals surface area contributed by atoms with Crippen molar-refractivity contribution in [3.63, 3.8) is 0 Å². The van der Waals surface area contributed by atoms with Gasteiger partial charge in [-0.2, -0.15) is 18.4 Å². The van der Waals surface area contributed by atoms with Gasteiger partial charge in [0, 0.05) is 44.3 Å². The molecule has 1 atom stereocenters. The van der Waals surface area contributed by atoms with Crippen LogP contribution >= 0.6 is 11.6 Å². The van der Waals surface area contributed by atoms with Crippen LogP contribution in [0, 0.1) is 11.3 Å². The highest BCUT2D eigenvalue weighted by molar-refractivity contribution is 6.31. The van der Waals surface area contributed by atoms with E-state index in [1.807, 2.05) is 11.9 Å². The third-order valence-corrected chi connectivity index (χ3v) is 8.54. The fourth-order valence-electron chi connectivity index (χ4n) is 6.02. The minimum Gasteiger partial charge on any atom is -0.475 e. The van der Waals surface area contributed by atoms with E-state index in [0.29, 0.717) is 37.5 Å². The predicted molar refractivity (Wildman–Crippen MR) is 150 cm³/mol. The van der Waals surface area contributed by atoms with E-state index in [9.17, 15) is 27.6 Å². The van der Waals surface area contributed by atoms with Crippen molar-refractivity contribution < 1.29 is 27.1 Å². The van der Waals surface area contributed by atoms with Crippen LogP contribution in [0.25, 0.3) is 0 Å². The number of nitrogens with zero attached hydrogens (tertiary/aromatic N) is 6. The highest BCUT2D eigenvalue weighted by Crippen LogP contribution is 2.44. The second kappa shape index (κ2) is 12.0. The van der Waals surface area contributed by atoms with E-state index in [1.54, 1.807) is 4.90 Å². The molecular formula is C29H31ClF4N6O2. The van der Waals surface area contributed by atoms with Gasteiger partial charge in [0.1, 0.15) is 18.2 Å². The van der Waals surface area contributed by atoms with Crippen molar-refractivity contribution in [1.82, 2.24) is 14.8 Å². The molecule has 2 saturated heterocycles. The van der Waals surface area contributed by atoms with Gasteiger partial charge in [0.2, 0.25) is 5.88 Å². The fraction of sp³-hybridized carbons (Fsp3) is 0.483. The fourth-order valence-corrected chi connectivity index (χ4v) is 6.30. The van der Waals surface area contributed by atoms with E-state index in [2.05, 4.69) is 17.5 Å². The summed E-state index contributed by atoms with van der Waals surface area (Å²) in [5.41, 5.74) is 1.16. The van der Waals surface area contributed by atoms with Crippen LogP contribution in [-0.2, 0) is 23.9 Å². The molecule has 42 heavy (non-hydrogen) atoms. The summed E-state index contributed by atoms with van der Waals surface area (Å²) in [4.78, 5) is 23.9. The smallest absolute Gasteiger partial charge is 0.419 e. The molecule has 0 spiro atoms. The molecule has 0 unspecified atom stereocenters. The summed E-state index contributed by atoms with van der Waals surface area (Å²) < 4.78 is 61.6. The number of amides is 1. The summed E-state index contributed by atoms with van der Waals surface area (Å²) in [6.07, 6.45) is -2.36. The summed E-state index contributed by atoms with van der Waals surface area (Å²) in [6, 6.07) is 6.50. The van der Waals surface area contributed by atoms with Crippen LogP contribution in [0.2, 0.25) is 5.02 Å². The predicted octanol–water partition coefficient (Wildman–Crippen LogP) is 4.79. The number of anilines is 2. The van der Waals surface area contributed by atoms with Gasteiger partial charge < -0.3 is 24.3 Å². The Hall–Kier alpha value is -3.56. The normalized spacial score (nSPS) is 19.5. The zero-order valence-electron chi connectivity index (χ0n) is 23.2. The number of fused-ring (bicyclic) bond motifs is 1. The van der Waals surface area contributed by atoms with Crippen LogP contribution in [0.4, 0.5) is 28.9 Å². The number of aromatic nitrogens is 1. The largest absolute Gasteiger partial charge is 0.475 e. The highest BCUT2D eigenvalue weighted by atomic mass is 35.5. The molecule has 2 aromatic rings. The molecule has 3 aliphatic heterocycles. The number of alkyl halides is 3. The van der Waals surface area contributed by atoms with Gasteiger partial charge in [-0.25, -0.2) is 9.37 Å². The molecule has 4 heterocycles. The zero-order valence-corrected chi connectivity index (χ0v) is 23.9. The first-order valence-electron chi connectivity index (χ1n) is 13.8. The van der Waals surface area contributed by atoms with Crippen molar-refractivity contribution in [3.05, 3.63) is 58.0 Å². The van der Waals surface area contributed by atoms with Crippen molar-refractivity contribution >= 4 is 28.9 Å². The maximum atomic E-state index is 14.0. The third-order valence-electron chi connectivity index (χ3n) is 8.22. The third kappa shape index (κ3) is 5.85. The Balaban J connectivity index is 1.52. The molecule has 2 fully saturated rings. The number of halogens is 5. The van der Waals surface area contributed by atoms with Crippen molar-refractivity contribution in [2.45, 2.75) is 38.0 Å². The average molecular weight is 607 g/mol. The van der Waals surface area contributed by atoms with Crippen molar-refractivity contribution in [3.8, 4) is 11.9 Å². The molecule has 0 saturated carbocycles. The molecule has 8 nitrogen and oxygen atoms in total. The number of hydrogen-bond acceptors (Lipinski definition) is 7. The summed E-state index contributed by atoms with van der Waals surface area (Å²) in [7, 11) is 2.01. The van der Waals surface area contributed by atoms with E-state index in [-0.39, 0.29) is 54.4 Å². The molecule has 0 radical (unpaired) electrons. The number of hydrogen-bond donors (Lipinski definition) is 0. The van der Waals surface area contributed by atoms with Gasteiger partial charge in [-0.15, -0.1) is 0 Å². The van der Waals surface area contributed by atoms with E-state index >= 15 is 0 Å². The summed E-state index contributed by atoms with van der Waals surface area (Å²) in [6.45, 7) is 5.72. The standard InChI is InChI=1S/C29H31ClF4N6O2/c1-18(31)28(41)39-13-11-38(12-14-39)26-20-8-10-40(24-7-3-6-22(30)25(24)29(32,33)34)16-23(20)36-27(21(26)15-35)42-17-19-5-4-9-37(19)2/h3,6-7,19H,1,4-5,8-14,16-17H2,2H3/t19-/m0/s1. The SMILES string of the molecule is C=C(F)C(=O)N1CCN(c2c(C#N)c(OC[C@@H]3CCCN3C)nc3c2CCN(c2cccc(Cl)c2C(F)(F)F)C3)CC1. The minimum absolute atomic E-state index is 0.0398. The Bertz CT molecular complexity index is 1420. The lowest BCUT2D eigenvalue weighted by molar-refractivity contribution is -0.137. The molecule has 0 aliphatic carbocycles. The summed E-state index contributed by atoms with van der Waals surface area (Å²) in [5.74, 6) is -1.67. The Kier molecular flexibility index (Phi) is 8.53. The molecular weight excluding hydrogens is 576 g/mol. The van der Waals surface area contributed by atoms with Gasteiger partial charge in [0.05, 0.1) is 34.2 Å². The Labute approximate surface area is 246 Å². The molecule has 5 rings (SSSR count). The summed E-state index contributed by atoms with van der Waals surface area (Å²) >= 11 is 6.01. The van der Waals surface area contributed by atoms with Crippen LogP contribution in [-0.4, -0.2) is 79.7 Å². The molecule has 0 bridgehead atoms. The highest BCUT2D eigenvalue weighted by Gasteiger charge is 2.39. The van der Waals surface area contributed by atoms with Gasteiger partial charge >= 0.3 is 6.18 Å². The topological polar surface area (TPSA) is 75.9 Å². The average Bonchev–Trinajstić information content (AvgIpc) is 3.38. The van der Waals surface area contributed by atoms with Crippen molar-refractivity contribution in [2.24, 2.45) is 0 Å². The lowest BCUT2D eigenvalue weighted by Crippen LogP contribution is -2.49. The number of nitriles is 1. The van der Waals surface area contributed by atoms with Gasteiger partial charge in [0.15, 0.2) is 5.83 Å². The molecule has 1 aromatic heterocycles. The number of carbonyl (C=O) groups excluding carboxylic acids is 1. The quantitative estimate of drug-likeness (QED) is 0.346. The van der Waals surface area contributed by atoms with Gasteiger partial charge in [-0.05, 0) is 45.0 Å². The molecule has 0 N–H and O–H groups in total. The van der Waals surface area contributed by atoms with Crippen LogP contribution in [0.1, 0.15) is 35.2 Å². The van der Waals surface area contributed by atoms with Crippen LogP contribution in [0.3, 0.4) is 0 Å².